The highest BCUT2D eigenvalue weighted by Gasteiger charge is 2.25. The Morgan fingerprint density at radius 1 is 1.13 bits per heavy atom. The first-order valence-electron chi connectivity index (χ1n) is 10.7. The molecule has 1 fully saturated rings. The molecule has 1 aromatic heterocycles. The van der Waals surface area contributed by atoms with Crippen molar-refractivity contribution >= 4 is 35.8 Å². The van der Waals surface area contributed by atoms with E-state index in [0.29, 0.717) is 12.5 Å². The van der Waals surface area contributed by atoms with Gasteiger partial charge >= 0.3 is 0 Å². The summed E-state index contributed by atoms with van der Waals surface area (Å²) in [5, 5.41) is 6.80. The molecule has 0 radical (unpaired) electrons. The molecular formula is C23H34IN5O2. The number of likely N-dealkylation sites (tertiary alicyclic amines) is 1. The highest BCUT2D eigenvalue weighted by molar-refractivity contribution is 14.0. The van der Waals surface area contributed by atoms with E-state index < -0.39 is 0 Å². The van der Waals surface area contributed by atoms with E-state index in [0.717, 1.165) is 31.8 Å². The molecule has 170 valence electrons. The summed E-state index contributed by atoms with van der Waals surface area (Å²) < 4.78 is 5.71. The molecule has 1 aromatic carbocycles. The van der Waals surface area contributed by atoms with Crippen LogP contribution in [0.15, 0.2) is 58.1 Å². The number of likely N-dealkylation sites (N-methyl/N-ethyl adjacent to an activating group) is 1. The summed E-state index contributed by atoms with van der Waals surface area (Å²) in [7, 11) is 3.49. The van der Waals surface area contributed by atoms with Gasteiger partial charge < -0.3 is 20.0 Å². The van der Waals surface area contributed by atoms with E-state index in [1.165, 1.54) is 18.4 Å². The van der Waals surface area contributed by atoms with Crippen LogP contribution in [-0.4, -0.2) is 68.5 Å². The number of halogens is 1. The molecule has 7 nitrogen and oxygen atoms in total. The number of furan rings is 1. The first-order valence-corrected chi connectivity index (χ1v) is 10.7. The van der Waals surface area contributed by atoms with Crippen molar-refractivity contribution in [3.05, 3.63) is 60.1 Å². The fraction of sp³-hybridized carbons (Fsp3) is 0.478. The topological polar surface area (TPSA) is 73.1 Å². The third kappa shape index (κ3) is 8.17. The Bertz CT molecular complexity index is 790. The number of carbonyl (C=O) groups is 1. The number of aliphatic imine (C=N–C) groups is 1. The molecule has 1 aliphatic rings. The van der Waals surface area contributed by atoms with Gasteiger partial charge in [0.15, 0.2) is 5.96 Å². The van der Waals surface area contributed by atoms with Crippen molar-refractivity contribution in [2.45, 2.75) is 25.3 Å². The number of guanidine groups is 1. The van der Waals surface area contributed by atoms with Crippen LogP contribution >= 0.6 is 24.0 Å². The first-order chi connectivity index (χ1) is 14.6. The maximum Gasteiger partial charge on any atom is 0.243 e. The average molecular weight is 539 g/mol. The second-order valence-corrected chi connectivity index (χ2v) is 7.77. The van der Waals surface area contributed by atoms with Gasteiger partial charge in [-0.3, -0.25) is 9.69 Å². The van der Waals surface area contributed by atoms with Gasteiger partial charge in [0, 0.05) is 27.2 Å². The Labute approximate surface area is 202 Å². The molecule has 0 aliphatic carbocycles. The zero-order valence-corrected chi connectivity index (χ0v) is 20.7. The molecule has 1 saturated heterocycles. The molecular weight excluding hydrogens is 505 g/mol. The summed E-state index contributed by atoms with van der Waals surface area (Å²) in [6.45, 7) is 3.66. The van der Waals surface area contributed by atoms with Gasteiger partial charge in [-0.2, -0.15) is 0 Å². The predicted molar refractivity (Wildman–Crippen MR) is 135 cm³/mol. The van der Waals surface area contributed by atoms with Gasteiger partial charge in [-0.15, -0.1) is 24.0 Å². The van der Waals surface area contributed by atoms with E-state index in [1.807, 2.05) is 30.3 Å². The minimum Gasteiger partial charge on any atom is -0.468 e. The molecule has 8 heteroatoms. The van der Waals surface area contributed by atoms with Crippen molar-refractivity contribution in [3.63, 3.8) is 0 Å². The summed E-state index contributed by atoms with van der Waals surface area (Å²) in [5.41, 5.74) is 1.26. The number of hydrogen-bond acceptors (Lipinski definition) is 4. The van der Waals surface area contributed by atoms with Crippen molar-refractivity contribution in [3.8, 4) is 0 Å². The van der Waals surface area contributed by atoms with Gasteiger partial charge in [0.05, 0.1) is 12.3 Å². The Morgan fingerprint density at radius 2 is 1.87 bits per heavy atom. The lowest BCUT2D eigenvalue weighted by Gasteiger charge is -2.27. The number of hydrogen-bond donors (Lipinski definition) is 2. The van der Waals surface area contributed by atoms with Gasteiger partial charge in [-0.05, 0) is 50.0 Å². The van der Waals surface area contributed by atoms with Gasteiger partial charge in [0.1, 0.15) is 12.3 Å². The van der Waals surface area contributed by atoms with Crippen LogP contribution in [0.2, 0.25) is 0 Å². The maximum atomic E-state index is 12.0. The van der Waals surface area contributed by atoms with Crippen LogP contribution in [0.1, 0.15) is 30.2 Å². The lowest BCUT2D eigenvalue weighted by atomic mass is 10.1. The molecule has 31 heavy (non-hydrogen) atoms. The van der Waals surface area contributed by atoms with E-state index in [1.54, 1.807) is 25.3 Å². The molecule has 3 rings (SSSR count). The van der Waals surface area contributed by atoms with Gasteiger partial charge in [-0.25, -0.2) is 4.99 Å². The molecule has 1 atom stereocenters. The van der Waals surface area contributed by atoms with Crippen molar-refractivity contribution in [2.24, 2.45) is 4.99 Å². The Hall–Kier alpha value is -2.07. The molecule has 2 aromatic rings. The van der Waals surface area contributed by atoms with Crippen molar-refractivity contribution < 1.29 is 9.21 Å². The van der Waals surface area contributed by atoms with Crippen LogP contribution in [0.3, 0.4) is 0 Å². The molecule has 0 saturated carbocycles. The summed E-state index contributed by atoms with van der Waals surface area (Å²) >= 11 is 0. The molecule has 1 amide bonds. The van der Waals surface area contributed by atoms with Crippen LogP contribution in [-0.2, 0) is 11.2 Å². The second kappa shape index (κ2) is 13.4. The highest BCUT2D eigenvalue weighted by atomic mass is 127. The van der Waals surface area contributed by atoms with E-state index in [4.69, 9.17) is 4.42 Å². The zero-order chi connectivity index (χ0) is 21.2. The fourth-order valence-electron chi connectivity index (χ4n) is 3.57. The SMILES string of the molecule is CN(C)C(=O)CN=C(NCCc1ccccc1)NCC(c1ccco1)N1CCCC1.I. The van der Waals surface area contributed by atoms with Crippen molar-refractivity contribution in [2.75, 3.05) is 46.8 Å². The monoisotopic (exact) mass is 539 g/mol. The van der Waals surface area contributed by atoms with E-state index in [9.17, 15) is 4.79 Å². The van der Waals surface area contributed by atoms with Crippen molar-refractivity contribution in [1.29, 1.82) is 0 Å². The normalized spacial score (nSPS) is 15.2. The molecule has 2 heterocycles. The van der Waals surface area contributed by atoms with Crippen LogP contribution in [0.4, 0.5) is 0 Å². The number of benzene rings is 1. The summed E-state index contributed by atoms with van der Waals surface area (Å²) in [6, 6.07) is 14.4. The largest absolute Gasteiger partial charge is 0.468 e. The summed E-state index contributed by atoms with van der Waals surface area (Å²) in [4.78, 5) is 20.5. The Morgan fingerprint density at radius 3 is 2.52 bits per heavy atom. The fourth-order valence-corrected chi connectivity index (χ4v) is 3.57. The van der Waals surface area contributed by atoms with Crippen LogP contribution in [0.25, 0.3) is 0 Å². The molecule has 2 N–H and O–H groups in total. The van der Waals surface area contributed by atoms with Crippen molar-refractivity contribution in [1.82, 2.24) is 20.4 Å². The van der Waals surface area contributed by atoms with Gasteiger partial charge in [-0.1, -0.05) is 30.3 Å². The lowest BCUT2D eigenvalue weighted by molar-refractivity contribution is -0.127. The number of nitrogens with one attached hydrogen (secondary N) is 2. The van der Waals surface area contributed by atoms with E-state index in [2.05, 4.69) is 32.7 Å². The third-order valence-corrected chi connectivity index (χ3v) is 5.34. The standard InChI is InChI=1S/C23H33N5O2.HI/c1-27(2)22(29)18-26-23(24-13-12-19-9-4-3-5-10-19)25-17-20(21-11-8-16-30-21)28-14-6-7-15-28;/h3-5,8-11,16,20H,6-7,12-15,17-18H2,1-2H3,(H2,24,25,26);1H. The Balaban J connectivity index is 0.00000341. The molecule has 0 bridgehead atoms. The summed E-state index contributed by atoms with van der Waals surface area (Å²) in [5.74, 6) is 1.58. The van der Waals surface area contributed by atoms with E-state index >= 15 is 0 Å². The molecule has 0 spiro atoms. The predicted octanol–water partition coefficient (Wildman–Crippen LogP) is 2.90. The van der Waals surface area contributed by atoms with Gasteiger partial charge in [0.2, 0.25) is 5.91 Å². The van der Waals surface area contributed by atoms with E-state index in [-0.39, 0.29) is 42.5 Å². The number of amides is 1. The lowest BCUT2D eigenvalue weighted by Crippen LogP contribution is -2.43. The second-order valence-electron chi connectivity index (χ2n) is 7.77. The minimum atomic E-state index is -0.0266. The minimum absolute atomic E-state index is 0. The summed E-state index contributed by atoms with van der Waals surface area (Å²) in [6.07, 6.45) is 5.04. The van der Waals surface area contributed by atoms with Crippen LogP contribution < -0.4 is 10.6 Å². The first kappa shape index (κ1) is 25.2. The third-order valence-electron chi connectivity index (χ3n) is 5.34. The highest BCUT2D eigenvalue weighted by Crippen LogP contribution is 2.24. The van der Waals surface area contributed by atoms with Gasteiger partial charge in [0.25, 0.3) is 0 Å². The maximum absolute atomic E-state index is 12.0. The number of rotatable bonds is 9. The van der Waals surface area contributed by atoms with Crippen LogP contribution in [0.5, 0.6) is 0 Å². The average Bonchev–Trinajstić information content (AvgIpc) is 3.47. The zero-order valence-electron chi connectivity index (χ0n) is 18.4. The number of nitrogens with zero attached hydrogens (tertiary/aromatic N) is 3. The Kier molecular flexibility index (Phi) is 10.9. The number of carbonyl (C=O) groups excluding carboxylic acids is 1. The molecule has 1 aliphatic heterocycles. The molecule has 1 unspecified atom stereocenters. The smallest absolute Gasteiger partial charge is 0.243 e. The quantitative estimate of drug-likeness (QED) is 0.292. The van der Waals surface area contributed by atoms with Crippen LogP contribution in [0, 0.1) is 0 Å².